The van der Waals surface area contributed by atoms with Gasteiger partial charge in [0.05, 0.1) is 12.5 Å². The van der Waals surface area contributed by atoms with E-state index in [0.29, 0.717) is 30.9 Å². The Labute approximate surface area is 199 Å². The van der Waals surface area contributed by atoms with Crippen LogP contribution in [0.5, 0.6) is 11.5 Å². The Morgan fingerprint density at radius 1 is 1.15 bits per heavy atom. The van der Waals surface area contributed by atoms with Gasteiger partial charge in [-0.05, 0) is 75.1 Å². The molecule has 2 aliphatic rings. The molecule has 0 aromatic heterocycles. The number of methoxy groups -OCH3 is 1. The summed E-state index contributed by atoms with van der Waals surface area (Å²) in [6, 6.07) is 8.57. The third-order valence-electron chi connectivity index (χ3n) is 6.70. The number of halogens is 1. The van der Waals surface area contributed by atoms with Crippen LogP contribution in [0.2, 0.25) is 0 Å². The van der Waals surface area contributed by atoms with Gasteiger partial charge in [0.2, 0.25) is 0 Å². The lowest BCUT2D eigenvalue weighted by atomic mass is 9.85. The summed E-state index contributed by atoms with van der Waals surface area (Å²) >= 11 is 0. The second kappa shape index (κ2) is 9.22. The van der Waals surface area contributed by atoms with Crippen molar-refractivity contribution in [2.45, 2.75) is 40.2 Å². The number of carbonyl (C=O) groups excluding carboxylic acids is 1. The van der Waals surface area contributed by atoms with Gasteiger partial charge in [0.15, 0.2) is 17.3 Å². The number of aliphatic carboxylic acids is 1. The lowest BCUT2D eigenvalue weighted by Gasteiger charge is -2.34. The average molecular weight is 468 g/mol. The average Bonchev–Trinajstić information content (AvgIpc) is 2.94. The molecule has 0 unspecified atom stereocenters. The van der Waals surface area contributed by atoms with Gasteiger partial charge in [-0.1, -0.05) is 5.57 Å². The van der Waals surface area contributed by atoms with Crippen molar-refractivity contribution in [3.63, 3.8) is 0 Å². The van der Waals surface area contributed by atoms with E-state index in [2.05, 4.69) is 4.90 Å². The molecule has 180 valence electrons. The molecule has 0 bridgehead atoms. The van der Waals surface area contributed by atoms with Gasteiger partial charge in [-0.15, -0.1) is 0 Å². The van der Waals surface area contributed by atoms with Crippen molar-refractivity contribution in [2.75, 3.05) is 26.7 Å². The van der Waals surface area contributed by atoms with Crippen LogP contribution in [-0.4, -0.2) is 48.5 Å². The number of ether oxygens (including phenoxy) is 2. The first kappa shape index (κ1) is 24.0. The molecule has 2 heterocycles. The molecule has 0 amide bonds. The summed E-state index contributed by atoms with van der Waals surface area (Å²) in [4.78, 5) is 25.9. The van der Waals surface area contributed by atoms with E-state index in [-0.39, 0.29) is 18.1 Å². The number of rotatable bonds is 5. The number of hydrogen-bond donors (Lipinski definition) is 1. The van der Waals surface area contributed by atoms with E-state index in [1.807, 2.05) is 6.07 Å². The van der Waals surface area contributed by atoms with Crippen LogP contribution in [0.4, 0.5) is 4.39 Å². The maximum absolute atomic E-state index is 14.6. The maximum Gasteiger partial charge on any atom is 0.310 e. The van der Waals surface area contributed by atoms with Crippen LogP contribution in [0.25, 0.3) is 5.57 Å². The Morgan fingerprint density at radius 3 is 2.47 bits per heavy atom. The zero-order valence-electron chi connectivity index (χ0n) is 20.0. The van der Waals surface area contributed by atoms with Crippen LogP contribution >= 0.6 is 0 Å². The zero-order chi connectivity index (χ0) is 24.6. The topological polar surface area (TPSA) is 76.1 Å². The fourth-order valence-electron chi connectivity index (χ4n) is 4.71. The Bertz CT molecular complexity index is 1170. The number of ketones is 1. The smallest absolute Gasteiger partial charge is 0.310 e. The Hall–Kier alpha value is -3.19. The van der Waals surface area contributed by atoms with E-state index < -0.39 is 17.2 Å². The van der Waals surface area contributed by atoms with E-state index in [0.717, 1.165) is 35.1 Å². The highest BCUT2D eigenvalue weighted by molar-refractivity contribution is 5.97. The number of piperidine rings is 1. The minimum absolute atomic E-state index is 0.0426. The van der Waals surface area contributed by atoms with E-state index in [1.54, 1.807) is 32.0 Å². The van der Waals surface area contributed by atoms with Crippen molar-refractivity contribution in [1.29, 1.82) is 0 Å². The molecule has 0 radical (unpaired) electrons. The lowest BCUT2D eigenvalue weighted by molar-refractivity contribution is -0.148. The largest absolute Gasteiger partial charge is 0.494 e. The molecule has 0 spiro atoms. The number of benzene rings is 2. The van der Waals surface area contributed by atoms with E-state index in [1.165, 1.54) is 25.7 Å². The third kappa shape index (κ3) is 4.57. The summed E-state index contributed by atoms with van der Waals surface area (Å²) in [7, 11) is 1.44. The minimum atomic E-state index is -0.832. The number of carboxylic acids is 1. The van der Waals surface area contributed by atoms with Crippen LogP contribution in [0.3, 0.4) is 0 Å². The first-order chi connectivity index (χ1) is 16.1. The molecular weight excluding hydrogens is 437 g/mol. The van der Waals surface area contributed by atoms with Crippen molar-refractivity contribution in [2.24, 2.45) is 5.41 Å². The molecule has 0 saturated carbocycles. The predicted molar refractivity (Wildman–Crippen MR) is 127 cm³/mol. The number of carboxylic acid groups (broad SMARTS) is 1. The molecule has 6 nitrogen and oxygen atoms in total. The summed E-state index contributed by atoms with van der Waals surface area (Å²) in [6.45, 7) is 7.11. The minimum Gasteiger partial charge on any atom is -0.494 e. The van der Waals surface area contributed by atoms with Gasteiger partial charge in [0.1, 0.15) is 12.4 Å². The second-order valence-corrected chi connectivity index (χ2v) is 9.64. The molecular formula is C27H30FNO5. The Morgan fingerprint density at radius 2 is 1.85 bits per heavy atom. The maximum atomic E-state index is 14.6. The Balaban J connectivity index is 1.81. The van der Waals surface area contributed by atoms with Crippen LogP contribution < -0.4 is 9.47 Å². The first-order valence-corrected chi connectivity index (χ1v) is 11.4. The van der Waals surface area contributed by atoms with Crippen LogP contribution in [0, 0.1) is 11.2 Å². The normalized spacial score (nSPS) is 16.3. The van der Waals surface area contributed by atoms with Gasteiger partial charge in [-0.2, -0.15) is 0 Å². The highest BCUT2D eigenvalue weighted by Crippen LogP contribution is 2.43. The fraction of sp³-hybridized carbons (Fsp3) is 0.407. The van der Waals surface area contributed by atoms with E-state index in [4.69, 9.17) is 9.47 Å². The summed E-state index contributed by atoms with van der Waals surface area (Å²) in [5.74, 6) is -0.498. The molecule has 1 N–H and O–H groups in total. The summed E-state index contributed by atoms with van der Waals surface area (Å²) in [6.07, 6.45) is 1.46. The van der Waals surface area contributed by atoms with Gasteiger partial charge in [-0.25, -0.2) is 4.39 Å². The third-order valence-corrected chi connectivity index (χ3v) is 6.70. The SMILES string of the molecule is COc1cc2c(cc1F)COc1ccc(C(C)=O)cc1C2=C1CCN(CC(C)(C)C(=O)O)CC1. The highest BCUT2D eigenvalue weighted by atomic mass is 19.1. The predicted octanol–water partition coefficient (Wildman–Crippen LogP) is 4.94. The Kier molecular flexibility index (Phi) is 6.49. The standard InChI is InChI=1S/C27H30FNO5/c1-16(30)18-5-6-23-21(11-18)25(20-13-24(33-4)22(28)12-19(20)14-34-23)17-7-9-29(10-8-17)15-27(2,3)26(31)32/h5-6,11-13H,7-10,14-15H2,1-4H3,(H,31,32). The van der Waals surface area contributed by atoms with Gasteiger partial charge in [0, 0.05) is 36.3 Å². The van der Waals surface area contributed by atoms with Gasteiger partial charge < -0.3 is 19.5 Å². The molecule has 1 fully saturated rings. The molecule has 0 atom stereocenters. The van der Waals surface area contributed by atoms with Crippen LogP contribution in [0.15, 0.2) is 35.9 Å². The van der Waals surface area contributed by atoms with E-state index >= 15 is 0 Å². The van der Waals surface area contributed by atoms with Gasteiger partial charge in [-0.3, -0.25) is 9.59 Å². The van der Waals surface area contributed by atoms with Gasteiger partial charge in [0.25, 0.3) is 0 Å². The second-order valence-electron chi connectivity index (χ2n) is 9.64. The van der Waals surface area contributed by atoms with Crippen molar-refractivity contribution < 1.29 is 28.6 Å². The number of hydrogen-bond acceptors (Lipinski definition) is 5. The monoisotopic (exact) mass is 467 g/mol. The number of likely N-dealkylation sites (tertiary alicyclic amines) is 1. The molecule has 34 heavy (non-hydrogen) atoms. The van der Waals surface area contributed by atoms with Crippen LogP contribution in [0.1, 0.15) is 60.7 Å². The number of carbonyl (C=O) groups is 2. The number of fused-ring (bicyclic) bond motifs is 2. The molecule has 2 aromatic carbocycles. The summed E-state index contributed by atoms with van der Waals surface area (Å²) < 4.78 is 25.9. The summed E-state index contributed by atoms with van der Waals surface area (Å²) in [5.41, 5.74) is 4.24. The van der Waals surface area contributed by atoms with Gasteiger partial charge >= 0.3 is 5.97 Å². The molecule has 1 saturated heterocycles. The lowest BCUT2D eigenvalue weighted by Crippen LogP contribution is -2.42. The van der Waals surface area contributed by atoms with Crippen molar-refractivity contribution >= 4 is 17.3 Å². The van der Waals surface area contributed by atoms with Crippen molar-refractivity contribution in [3.05, 3.63) is 64.0 Å². The number of nitrogens with zero attached hydrogens (tertiary/aromatic N) is 1. The van der Waals surface area contributed by atoms with E-state index in [9.17, 15) is 19.1 Å². The summed E-state index contributed by atoms with van der Waals surface area (Å²) in [5, 5.41) is 9.50. The zero-order valence-corrected chi connectivity index (χ0v) is 20.0. The molecule has 7 heteroatoms. The van der Waals surface area contributed by atoms with Crippen LogP contribution in [-0.2, 0) is 11.4 Å². The highest BCUT2D eigenvalue weighted by Gasteiger charge is 2.32. The van der Waals surface area contributed by atoms with Crippen molar-refractivity contribution in [3.8, 4) is 11.5 Å². The molecule has 2 aliphatic heterocycles. The quantitative estimate of drug-likeness (QED) is 0.628. The molecule has 4 rings (SSSR count). The molecule has 0 aliphatic carbocycles. The fourth-order valence-corrected chi connectivity index (χ4v) is 4.71. The first-order valence-electron chi connectivity index (χ1n) is 11.4. The van der Waals surface area contributed by atoms with Crippen molar-refractivity contribution in [1.82, 2.24) is 4.90 Å². The number of Topliss-reactive ketones (excluding diaryl/α,β-unsaturated/α-hetero) is 1. The molecule has 2 aromatic rings.